The number of nitrogens with zero attached hydrogens (tertiary/aromatic N) is 3. The monoisotopic (exact) mass is 461 g/mol. The van der Waals surface area contributed by atoms with Crippen LogP contribution in [0.4, 0.5) is 0 Å². The summed E-state index contributed by atoms with van der Waals surface area (Å²) < 4.78 is 23.8. The number of rotatable bonds is 5. The first-order valence-electron chi connectivity index (χ1n) is 10.7. The lowest BCUT2D eigenvalue weighted by Gasteiger charge is -2.40. The third kappa shape index (κ3) is 5.66. The van der Waals surface area contributed by atoms with Crippen molar-refractivity contribution >= 4 is 27.3 Å². The highest BCUT2D eigenvalue weighted by Gasteiger charge is 2.35. The highest BCUT2D eigenvalue weighted by molar-refractivity contribution is 7.91. The van der Waals surface area contributed by atoms with Gasteiger partial charge in [0.2, 0.25) is 5.91 Å². The molecule has 2 aliphatic heterocycles. The smallest absolute Gasteiger partial charge is 0.244 e. The third-order valence-corrected chi connectivity index (χ3v) is 7.92. The van der Waals surface area contributed by atoms with Crippen LogP contribution in [0.2, 0.25) is 5.02 Å². The zero-order valence-corrected chi connectivity index (χ0v) is 19.1. The summed E-state index contributed by atoms with van der Waals surface area (Å²) >= 11 is 6.10. The number of carbonyl (C=O) groups excluding carboxylic acids is 1. The number of halogens is 1. The van der Waals surface area contributed by atoms with Gasteiger partial charge in [-0.1, -0.05) is 54.1 Å². The second-order valence-corrected chi connectivity index (χ2v) is 11.0. The first kappa shape index (κ1) is 22.3. The Kier molecular flexibility index (Phi) is 6.96. The molecule has 2 heterocycles. The van der Waals surface area contributed by atoms with Crippen molar-refractivity contribution in [1.82, 2.24) is 14.7 Å². The molecular formula is C23H28ClN3O3S. The number of piperazine rings is 1. The molecule has 2 aromatic carbocycles. The number of amides is 1. The van der Waals surface area contributed by atoms with Crippen LogP contribution in [0.5, 0.6) is 0 Å². The van der Waals surface area contributed by atoms with E-state index in [1.807, 2.05) is 58.3 Å². The van der Waals surface area contributed by atoms with Crippen LogP contribution < -0.4 is 0 Å². The van der Waals surface area contributed by atoms with Gasteiger partial charge in [-0.15, -0.1) is 0 Å². The molecule has 2 fully saturated rings. The van der Waals surface area contributed by atoms with Crippen LogP contribution >= 0.6 is 11.6 Å². The van der Waals surface area contributed by atoms with Gasteiger partial charge in [-0.3, -0.25) is 14.6 Å². The zero-order chi connectivity index (χ0) is 21.8. The molecule has 2 aliphatic rings. The minimum atomic E-state index is -3.00. The number of benzene rings is 2. The first-order chi connectivity index (χ1) is 14.9. The topological polar surface area (TPSA) is 60.9 Å². The van der Waals surface area contributed by atoms with Gasteiger partial charge in [-0.25, -0.2) is 8.42 Å². The second-order valence-electron chi connectivity index (χ2n) is 8.23. The highest BCUT2D eigenvalue weighted by atomic mass is 35.5. The van der Waals surface area contributed by atoms with E-state index in [4.69, 9.17) is 11.6 Å². The molecular weight excluding hydrogens is 434 g/mol. The fourth-order valence-electron chi connectivity index (χ4n) is 4.32. The van der Waals surface area contributed by atoms with E-state index in [0.717, 1.165) is 30.2 Å². The van der Waals surface area contributed by atoms with Crippen LogP contribution in [0, 0.1) is 0 Å². The minimum absolute atomic E-state index is 0.0629. The molecule has 0 saturated carbocycles. The molecule has 1 atom stereocenters. The molecule has 0 radical (unpaired) electrons. The molecule has 0 spiro atoms. The molecule has 1 unspecified atom stereocenters. The molecule has 0 bridgehead atoms. The SMILES string of the molecule is O=C(C(c1ccccc1)N1CCS(=O)(=O)CC1)N1CCN(Cc2cccc(Cl)c2)CC1. The summed E-state index contributed by atoms with van der Waals surface area (Å²) in [5, 5.41) is 0.737. The molecule has 31 heavy (non-hydrogen) atoms. The summed E-state index contributed by atoms with van der Waals surface area (Å²) in [6.45, 7) is 4.52. The van der Waals surface area contributed by atoms with E-state index in [0.29, 0.717) is 26.2 Å². The zero-order valence-electron chi connectivity index (χ0n) is 17.5. The third-order valence-electron chi connectivity index (χ3n) is 6.07. The number of hydrogen-bond donors (Lipinski definition) is 0. The summed E-state index contributed by atoms with van der Waals surface area (Å²) in [4.78, 5) is 19.9. The van der Waals surface area contributed by atoms with E-state index >= 15 is 0 Å². The first-order valence-corrected chi connectivity index (χ1v) is 12.9. The average molecular weight is 462 g/mol. The van der Waals surface area contributed by atoms with Gasteiger partial charge in [0.05, 0.1) is 11.5 Å². The Hall–Kier alpha value is -1.93. The summed E-state index contributed by atoms with van der Waals surface area (Å²) in [6.07, 6.45) is 0. The Morgan fingerprint density at radius 2 is 1.58 bits per heavy atom. The molecule has 0 aromatic heterocycles. The maximum absolute atomic E-state index is 13.6. The Morgan fingerprint density at radius 3 is 2.23 bits per heavy atom. The molecule has 0 N–H and O–H groups in total. The van der Waals surface area contributed by atoms with Crippen molar-refractivity contribution in [3.8, 4) is 0 Å². The van der Waals surface area contributed by atoms with Crippen molar-refractivity contribution < 1.29 is 13.2 Å². The van der Waals surface area contributed by atoms with Gasteiger partial charge in [0.15, 0.2) is 9.84 Å². The lowest BCUT2D eigenvalue weighted by molar-refractivity contribution is -0.139. The van der Waals surface area contributed by atoms with Crippen molar-refractivity contribution in [3.05, 3.63) is 70.7 Å². The Balaban J connectivity index is 1.43. The van der Waals surface area contributed by atoms with E-state index in [9.17, 15) is 13.2 Å². The molecule has 166 valence electrons. The molecule has 8 heteroatoms. The molecule has 0 aliphatic carbocycles. The van der Waals surface area contributed by atoms with Crippen LogP contribution in [0.1, 0.15) is 17.2 Å². The highest BCUT2D eigenvalue weighted by Crippen LogP contribution is 2.26. The standard InChI is InChI=1S/C23H28ClN3O3S/c24-21-8-4-5-19(17-21)18-25-9-11-27(12-10-25)23(28)22(20-6-2-1-3-7-20)26-13-15-31(29,30)16-14-26/h1-8,17,22H,9-16,18H2. The predicted octanol–water partition coefficient (Wildman–Crippen LogP) is 2.46. The molecule has 2 saturated heterocycles. The summed E-state index contributed by atoms with van der Waals surface area (Å²) in [7, 11) is -3.00. The molecule has 1 amide bonds. The van der Waals surface area contributed by atoms with Gasteiger partial charge in [-0.2, -0.15) is 0 Å². The number of carbonyl (C=O) groups is 1. The normalized spacial score (nSPS) is 21.0. The fourth-order valence-corrected chi connectivity index (χ4v) is 5.76. The Bertz CT molecular complexity index is 994. The Morgan fingerprint density at radius 1 is 0.903 bits per heavy atom. The van der Waals surface area contributed by atoms with E-state index in [1.54, 1.807) is 0 Å². The largest absolute Gasteiger partial charge is 0.338 e. The van der Waals surface area contributed by atoms with Crippen molar-refractivity contribution in [1.29, 1.82) is 0 Å². The minimum Gasteiger partial charge on any atom is -0.338 e. The average Bonchev–Trinajstić information content (AvgIpc) is 2.76. The maximum atomic E-state index is 13.6. The quantitative estimate of drug-likeness (QED) is 0.684. The van der Waals surface area contributed by atoms with Crippen LogP contribution in [0.15, 0.2) is 54.6 Å². The fraction of sp³-hybridized carbons (Fsp3) is 0.435. The van der Waals surface area contributed by atoms with Crippen LogP contribution in [-0.2, 0) is 21.2 Å². The van der Waals surface area contributed by atoms with Gasteiger partial charge in [0, 0.05) is 50.8 Å². The van der Waals surface area contributed by atoms with Gasteiger partial charge in [0.1, 0.15) is 6.04 Å². The maximum Gasteiger partial charge on any atom is 0.244 e. The summed E-state index contributed by atoms with van der Waals surface area (Å²) in [5.41, 5.74) is 2.09. The summed E-state index contributed by atoms with van der Waals surface area (Å²) in [5.74, 6) is 0.279. The second kappa shape index (κ2) is 9.69. The van der Waals surface area contributed by atoms with Crippen LogP contribution in [0.25, 0.3) is 0 Å². The van der Waals surface area contributed by atoms with Crippen LogP contribution in [-0.4, -0.2) is 79.8 Å². The summed E-state index contributed by atoms with van der Waals surface area (Å²) in [6, 6.07) is 17.2. The van der Waals surface area contributed by atoms with E-state index < -0.39 is 15.9 Å². The van der Waals surface area contributed by atoms with Gasteiger partial charge < -0.3 is 4.90 Å². The van der Waals surface area contributed by atoms with Crippen molar-refractivity contribution in [3.63, 3.8) is 0 Å². The van der Waals surface area contributed by atoms with E-state index in [2.05, 4.69) is 11.0 Å². The lowest BCUT2D eigenvalue weighted by atomic mass is 10.0. The predicted molar refractivity (Wildman–Crippen MR) is 123 cm³/mol. The van der Waals surface area contributed by atoms with Gasteiger partial charge >= 0.3 is 0 Å². The Labute approximate surface area is 189 Å². The number of sulfone groups is 1. The van der Waals surface area contributed by atoms with Crippen molar-refractivity contribution in [2.45, 2.75) is 12.6 Å². The molecule has 4 rings (SSSR count). The van der Waals surface area contributed by atoms with Crippen LogP contribution in [0.3, 0.4) is 0 Å². The van der Waals surface area contributed by atoms with Gasteiger partial charge in [-0.05, 0) is 23.3 Å². The van der Waals surface area contributed by atoms with E-state index in [1.165, 1.54) is 5.56 Å². The van der Waals surface area contributed by atoms with E-state index in [-0.39, 0.29) is 17.4 Å². The molecule has 2 aromatic rings. The lowest BCUT2D eigenvalue weighted by Crippen LogP contribution is -2.53. The molecule has 6 nitrogen and oxygen atoms in total. The van der Waals surface area contributed by atoms with Gasteiger partial charge in [0.25, 0.3) is 0 Å². The van der Waals surface area contributed by atoms with Crippen molar-refractivity contribution in [2.24, 2.45) is 0 Å². The number of hydrogen-bond acceptors (Lipinski definition) is 5. The van der Waals surface area contributed by atoms with Crippen molar-refractivity contribution in [2.75, 3.05) is 50.8 Å².